The van der Waals surface area contributed by atoms with Gasteiger partial charge in [-0.15, -0.1) is 0 Å². The van der Waals surface area contributed by atoms with Crippen molar-refractivity contribution in [2.75, 3.05) is 24.7 Å². The van der Waals surface area contributed by atoms with E-state index in [1.807, 2.05) is 0 Å². The van der Waals surface area contributed by atoms with E-state index in [-0.39, 0.29) is 46.9 Å². The number of rotatable bonds is 9. The van der Waals surface area contributed by atoms with E-state index in [0.717, 1.165) is 18.9 Å². The Hall–Kier alpha value is -3.68. The van der Waals surface area contributed by atoms with Crippen molar-refractivity contribution in [3.63, 3.8) is 0 Å². The Morgan fingerprint density at radius 1 is 1.23 bits per heavy atom. The first-order chi connectivity index (χ1) is 18.2. The van der Waals surface area contributed by atoms with Gasteiger partial charge in [-0.3, -0.25) is 14.3 Å². The van der Waals surface area contributed by atoms with Gasteiger partial charge in [-0.05, 0) is 53.0 Å². The van der Waals surface area contributed by atoms with Crippen LogP contribution in [-0.4, -0.2) is 77.0 Å². The molecule has 0 bridgehead atoms. The van der Waals surface area contributed by atoms with Crippen LogP contribution in [0.1, 0.15) is 74.0 Å². The van der Waals surface area contributed by atoms with Crippen molar-refractivity contribution in [1.82, 2.24) is 19.7 Å². The van der Waals surface area contributed by atoms with Crippen molar-refractivity contribution in [3.8, 4) is 5.88 Å². The third-order valence-corrected chi connectivity index (χ3v) is 7.08. The van der Waals surface area contributed by atoms with Crippen molar-refractivity contribution in [2.45, 2.75) is 77.0 Å². The standard InChI is InChI=1S/C25H36N6O7S/c1-7-18-19(28-22(33)17-12-16(39(6,35)36)13-27-23(17)37-8-2)20(21(26)32)31(29-18)14-15-10-9-11-30(15)24(34)38-25(3,4)5/h12-13,15H,7-11,14H2,1-6H3,(H2,26,32)(H,28,33)/t15-/m0/s1. The summed E-state index contributed by atoms with van der Waals surface area (Å²) in [4.78, 5) is 44.2. The van der Waals surface area contributed by atoms with E-state index in [9.17, 15) is 22.8 Å². The van der Waals surface area contributed by atoms with Crippen LogP contribution in [0.3, 0.4) is 0 Å². The molecule has 39 heavy (non-hydrogen) atoms. The molecule has 2 aromatic rings. The molecule has 0 spiro atoms. The van der Waals surface area contributed by atoms with Gasteiger partial charge in [0.25, 0.3) is 11.8 Å². The van der Waals surface area contributed by atoms with E-state index in [2.05, 4.69) is 15.4 Å². The minimum atomic E-state index is -3.66. The number of anilines is 1. The Kier molecular flexibility index (Phi) is 8.88. The fraction of sp³-hybridized carbons (Fsp3) is 0.560. The third-order valence-electron chi connectivity index (χ3n) is 6.00. The van der Waals surface area contributed by atoms with Crippen LogP contribution >= 0.6 is 0 Å². The number of likely N-dealkylation sites (tertiary alicyclic amines) is 1. The number of hydrogen-bond acceptors (Lipinski definition) is 9. The van der Waals surface area contributed by atoms with Crippen LogP contribution < -0.4 is 15.8 Å². The number of aryl methyl sites for hydroxylation is 1. The van der Waals surface area contributed by atoms with Crippen molar-refractivity contribution in [3.05, 3.63) is 29.2 Å². The number of nitrogens with two attached hydrogens (primary N) is 1. The van der Waals surface area contributed by atoms with E-state index in [0.29, 0.717) is 25.1 Å². The van der Waals surface area contributed by atoms with Gasteiger partial charge in [-0.2, -0.15) is 5.10 Å². The van der Waals surface area contributed by atoms with Gasteiger partial charge < -0.3 is 25.4 Å². The van der Waals surface area contributed by atoms with Crippen molar-refractivity contribution in [1.29, 1.82) is 0 Å². The van der Waals surface area contributed by atoms with Gasteiger partial charge in [0.15, 0.2) is 9.84 Å². The summed E-state index contributed by atoms with van der Waals surface area (Å²) in [7, 11) is -3.66. The lowest BCUT2D eigenvalue weighted by Crippen LogP contribution is -2.42. The molecule has 0 aromatic carbocycles. The van der Waals surface area contributed by atoms with Crippen LogP contribution in [0.4, 0.5) is 10.5 Å². The second-order valence-electron chi connectivity index (χ2n) is 10.2. The van der Waals surface area contributed by atoms with Gasteiger partial charge in [0, 0.05) is 19.0 Å². The first-order valence-electron chi connectivity index (χ1n) is 12.7. The molecule has 1 atom stereocenters. The summed E-state index contributed by atoms with van der Waals surface area (Å²) in [6.45, 7) is 9.71. The Labute approximate surface area is 228 Å². The number of hydrogen-bond donors (Lipinski definition) is 2. The molecule has 0 radical (unpaired) electrons. The Bertz CT molecular complexity index is 1360. The van der Waals surface area contributed by atoms with Gasteiger partial charge in [0.1, 0.15) is 16.9 Å². The topological polar surface area (TPSA) is 176 Å². The summed E-state index contributed by atoms with van der Waals surface area (Å²) in [5, 5.41) is 7.20. The van der Waals surface area contributed by atoms with Gasteiger partial charge in [0.05, 0.1) is 35.5 Å². The first kappa shape index (κ1) is 29.9. The highest BCUT2D eigenvalue weighted by atomic mass is 32.2. The zero-order valence-electron chi connectivity index (χ0n) is 23.1. The molecule has 2 aromatic heterocycles. The molecule has 1 aliphatic rings. The van der Waals surface area contributed by atoms with Crippen LogP contribution in [0.15, 0.2) is 17.2 Å². The molecule has 214 valence electrons. The third kappa shape index (κ3) is 7.05. The second kappa shape index (κ2) is 11.6. The van der Waals surface area contributed by atoms with Crippen LogP contribution in [0.25, 0.3) is 0 Å². The number of primary amides is 1. The molecule has 1 aliphatic heterocycles. The predicted molar refractivity (Wildman–Crippen MR) is 143 cm³/mol. The molecular formula is C25H36N6O7S. The van der Waals surface area contributed by atoms with Gasteiger partial charge in [0.2, 0.25) is 5.88 Å². The average Bonchev–Trinajstić information content (AvgIpc) is 3.42. The lowest BCUT2D eigenvalue weighted by atomic mass is 10.2. The average molecular weight is 565 g/mol. The molecule has 0 saturated carbocycles. The fourth-order valence-corrected chi connectivity index (χ4v) is 4.87. The lowest BCUT2D eigenvalue weighted by Gasteiger charge is -2.28. The molecule has 1 saturated heterocycles. The second-order valence-corrected chi connectivity index (χ2v) is 12.2. The fourth-order valence-electron chi connectivity index (χ4n) is 4.29. The van der Waals surface area contributed by atoms with Crippen LogP contribution in [-0.2, 0) is 27.5 Å². The summed E-state index contributed by atoms with van der Waals surface area (Å²) in [5.41, 5.74) is 5.40. The molecule has 3 heterocycles. The summed E-state index contributed by atoms with van der Waals surface area (Å²) >= 11 is 0. The summed E-state index contributed by atoms with van der Waals surface area (Å²) in [6.07, 6.45) is 3.43. The number of nitrogens with zero attached hydrogens (tertiary/aromatic N) is 4. The number of aromatic nitrogens is 3. The Balaban J connectivity index is 1.98. The van der Waals surface area contributed by atoms with Gasteiger partial charge in [-0.1, -0.05) is 6.92 Å². The number of pyridine rings is 1. The molecule has 1 fully saturated rings. The summed E-state index contributed by atoms with van der Waals surface area (Å²) in [5.74, 6) is -1.63. The van der Waals surface area contributed by atoms with Crippen LogP contribution in [0.5, 0.6) is 5.88 Å². The minimum Gasteiger partial charge on any atom is -0.477 e. The highest BCUT2D eigenvalue weighted by Crippen LogP contribution is 2.28. The number of amides is 3. The number of carbonyl (C=O) groups excluding carboxylic acids is 3. The molecule has 13 nitrogen and oxygen atoms in total. The molecule has 3 amide bonds. The molecular weight excluding hydrogens is 528 g/mol. The monoisotopic (exact) mass is 564 g/mol. The maximum Gasteiger partial charge on any atom is 0.410 e. The van der Waals surface area contributed by atoms with E-state index in [1.54, 1.807) is 39.5 Å². The Morgan fingerprint density at radius 3 is 2.49 bits per heavy atom. The van der Waals surface area contributed by atoms with E-state index in [4.69, 9.17) is 15.2 Å². The highest BCUT2D eigenvalue weighted by Gasteiger charge is 2.34. The largest absolute Gasteiger partial charge is 0.477 e. The van der Waals surface area contributed by atoms with E-state index >= 15 is 0 Å². The van der Waals surface area contributed by atoms with E-state index in [1.165, 1.54) is 10.7 Å². The molecule has 3 N–H and O–H groups in total. The van der Waals surface area contributed by atoms with Crippen molar-refractivity contribution >= 4 is 33.4 Å². The maximum absolute atomic E-state index is 13.4. The van der Waals surface area contributed by atoms with Crippen molar-refractivity contribution in [2.24, 2.45) is 5.73 Å². The smallest absolute Gasteiger partial charge is 0.410 e. The van der Waals surface area contributed by atoms with E-state index < -0.39 is 33.3 Å². The molecule has 0 aliphatic carbocycles. The minimum absolute atomic E-state index is 0.0403. The number of nitrogens with one attached hydrogen (secondary N) is 1. The molecule has 3 rings (SSSR count). The summed E-state index contributed by atoms with van der Waals surface area (Å²) in [6, 6.07) is 0.867. The summed E-state index contributed by atoms with van der Waals surface area (Å²) < 4.78 is 36.5. The Morgan fingerprint density at radius 2 is 1.92 bits per heavy atom. The SMILES string of the molecule is CCOc1ncc(S(C)(=O)=O)cc1C(=O)Nc1c(CC)nn(C[C@@H]2CCCN2C(=O)OC(C)(C)C)c1C(N)=O. The van der Waals surface area contributed by atoms with Crippen LogP contribution in [0, 0.1) is 0 Å². The zero-order chi connectivity index (χ0) is 29.1. The van der Waals surface area contributed by atoms with Gasteiger partial charge >= 0.3 is 6.09 Å². The highest BCUT2D eigenvalue weighted by molar-refractivity contribution is 7.90. The predicted octanol–water partition coefficient (Wildman–Crippen LogP) is 2.39. The maximum atomic E-state index is 13.4. The normalized spacial score (nSPS) is 15.7. The molecule has 14 heteroatoms. The van der Waals surface area contributed by atoms with Gasteiger partial charge in [-0.25, -0.2) is 18.2 Å². The zero-order valence-corrected chi connectivity index (χ0v) is 23.9. The lowest BCUT2D eigenvalue weighted by molar-refractivity contribution is 0.0211. The quantitative estimate of drug-likeness (QED) is 0.463. The number of carbonyl (C=O) groups is 3. The first-order valence-corrected chi connectivity index (χ1v) is 14.6. The number of ether oxygens (including phenoxy) is 2. The van der Waals surface area contributed by atoms with Crippen LogP contribution in [0.2, 0.25) is 0 Å². The van der Waals surface area contributed by atoms with Crippen molar-refractivity contribution < 1.29 is 32.3 Å². The molecule has 0 unspecified atom stereocenters. The number of sulfone groups is 1.